The largest absolute Gasteiger partial charge is 0.325 e. The number of rotatable bonds is 4. The third-order valence-corrected chi connectivity index (χ3v) is 7.57. The molecule has 2 atom stereocenters. The van der Waals surface area contributed by atoms with Crippen molar-refractivity contribution in [1.82, 2.24) is 4.90 Å². The van der Waals surface area contributed by atoms with Crippen LogP contribution in [0, 0.1) is 5.92 Å². The van der Waals surface area contributed by atoms with Crippen molar-refractivity contribution in [1.29, 1.82) is 0 Å². The van der Waals surface area contributed by atoms with Gasteiger partial charge in [-0.2, -0.15) is 0 Å². The van der Waals surface area contributed by atoms with Crippen LogP contribution in [0.5, 0.6) is 0 Å². The molecule has 1 amide bonds. The summed E-state index contributed by atoms with van der Waals surface area (Å²) in [5, 5.41) is 3.94. The second kappa shape index (κ2) is 8.14. The summed E-state index contributed by atoms with van der Waals surface area (Å²) in [5.41, 5.74) is 0.195. The number of nitrogens with zero attached hydrogens (tertiary/aromatic N) is 1. The van der Waals surface area contributed by atoms with E-state index in [2.05, 4.69) is 23.7 Å². The molecule has 160 valence electrons. The molecule has 1 aromatic rings. The van der Waals surface area contributed by atoms with Gasteiger partial charge >= 0.3 is 0 Å². The third-order valence-electron chi connectivity index (χ3n) is 7.21. The number of nitrogens with one attached hydrogen (secondary N) is 1. The number of hydrogen-bond donors (Lipinski definition) is 1. The van der Waals surface area contributed by atoms with Crippen molar-refractivity contribution in [2.24, 2.45) is 5.92 Å². The Hall–Kier alpha value is -1.62. The first-order valence-electron chi connectivity index (χ1n) is 10.6. The molecular formula is C24H27Cl2FN2O. The molecule has 0 aromatic heterocycles. The van der Waals surface area contributed by atoms with Crippen LogP contribution >= 0.6 is 23.2 Å². The van der Waals surface area contributed by atoms with Gasteiger partial charge < -0.3 is 5.32 Å². The molecule has 1 saturated carbocycles. The number of amides is 1. The van der Waals surface area contributed by atoms with Gasteiger partial charge in [0.25, 0.3) is 0 Å². The molecule has 0 bridgehead atoms. The summed E-state index contributed by atoms with van der Waals surface area (Å²) < 4.78 is 15.8. The lowest BCUT2D eigenvalue weighted by Crippen LogP contribution is -2.61. The number of fused-ring (bicyclic) bond motifs is 3. The normalized spacial score (nSPS) is 28.5. The SMILES string of the molecule is C=C(Cl)/C=C\C=C(/F)C1CN(CC)C2(CCCCC2)[C@@]12C(=O)Nc1cc(Cl)ccc12. The number of likely N-dealkylation sites (tertiary alicyclic amines) is 1. The van der Waals surface area contributed by atoms with E-state index in [0.29, 0.717) is 22.3 Å². The summed E-state index contributed by atoms with van der Waals surface area (Å²) in [6.45, 7) is 6.98. The van der Waals surface area contributed by atoms with E-state index in [9.17, 15) is 4.79 Å². The highest BCUT2D eigenvalue weighted by atomic mass is 35.5. The fraction of sp³-hybridized carbons (Fsp3) is 0.458. The molecule has 1 aromatic carbocycles. The Balaban J connectivity index is 1.93. The van der Waals surface area contributed by atoms with Gasteiger partial charge in [-0.3, -0.25) is 9.69 Å². The van der Waals surface area contributed by atoms with Crippen LogP contribution in [0.4, 0.5) is 10.1 Å². The summed E-state index contributed by atoms with van der Waals surface area (Å²) in [7, 11) is 0. The van der Waals surface area contributed by atoms with E-state index >= 15 is 4.39 Å². The van der Waals surface area contributed by atoms with Crippen LogP contribution in [-0.2, 0) is 10.2 Å². The molecule has 3 aliphatic rings. The topological polar surface area (TPSA) is 32.3 Å². The van der Waals surface area contributed by atoms with Gasteiger partial charge in [-0.05, 0) is 49.2 Å². The summed E-state index contributed by atoms with van der Waals surface area (Å²) >= 11 is 12.0. The first-order chi connectivity index (χ1) is 14.4. The Morgan fingerprint density at radius 1 is 1.37 bits per heavy atom. The Bertz CT molecular complexity index is 935. The van der Waals surface area contributed by atoms with Crippen molar-refractivity contribution >= 4 is 34.8 Å². The van der Waals surface area contributed by atoms with E-state index in [1.165, 1.54) is 6.08 Å². The Morgan fingerprint density at radius 2 is 2.10 bits per heavy atom. The minimum absolute atomic E-state index is 0.114. The molecule has 2 aliphatic heterocycles. The third kappa shape index (κ3) is 3.07. The van der Waals surface area contributed by atoms with Gasteiger partial charge in [0.2, 0.25) is 5.91 Å². The van der Waals surface area contributed by atoms with Crippen molar-refractivity contribution in [3.8, 4) is 0 Å². The molecule has 30 heavy (non-hydrogen) atoms. The lowest BCUT2D eigenvalue weighted by Gasteiger charge is -2.50. The highest BCUT2D eigenvalue weighted by molar-refractivity contribution is 6.31. The van der Waals surface area contributed by atoms with E-state index in [4.69, 9.17) is 23.2 Å². The maximum atomic E-state index is 15.8. The smallest absolute Gasteiger partial charge is 0.237 e. The van der Waals surface area contributed by atoms with Crippen molar-refractivity contribution in [3.05, 3.63) is 64.5 Å². The molecule has 1 N–H and O–H groups in total. The minimum Gasteiger partial charge on any atom is -0.325 e. The van der Waals surface area contributed by atoms with Gasteiger partial charge in [-0.25, -0.2) is 4.39 Å². The highest BCUT2D eigenvalue weighted by Crippen LogP contribution is 2.62. The number of allylic oxidation sites excluding steroid dienone is 4. The lowest BCUT2D eigenvalue weighted by molar-refractivity contribution is -0.126. The molecule has 2 spiro atoms. The van der Waals surface area contributed by atoms with Gasteiger partial charge in [0.1, 0.15) is 11.2 Å². The van der Waals surface area contributed by atoms with Crippen LogP contribution in [0.25, 0.3) is 0 Å². The predicted octanol–water partition coefficient (Wildman–Crippen LogP) is 6.35. The van der Waals surface area contributed by atoms with E-state index in [1.807, 2.05) is 12.1 Å². The molecule has 2 heterocycles. The van der Waals surface area contributed by atoms with Crippen molar-refractivity contribution in [2.75, 3.05) is 18.4 Å². The number of carbonyl (C=O) groups is 1. The van der Waals surface area contributed by atoms with Crippen LogP contribution < -0.4 is 5.32 Å². The van der Waals surface area contributed by atoms with Gasteiger partial charge in [-0.15, -0.1) is 0 Å². The molecule has 1 unspecified atom stereocenters. The van der Waals surface area contributed by atoms with Crippen molar-refractivity contribution in [3.63, 3.8) is 0 Å². The van der Waals surface area contributed by atoms with Crippen molar-refractivity contribution < 1.29 is 9.18 Å². The van der Waals surface area contributed by atoms with Gasteiger partial charge in [0.05, 0.1) is 0 Å². The first-order valence-corrected chi connectivity index (χ1v) is 11.4. The summed E-state index contributed by atoms with van der Waals surface area (Å²) in [6, 6.07) is 5.51. The number of carbonyl (C=O) groups excluding carboxylic acids is 1. The van der Waals surface area contributed by atoms with E-state index in [-0.39, 0.29) is 11.7 Å². The van der Waals surface area contributed by atoms with Crippen LogP contribution in [0.15, 0.2) is 53.9 Å². The maximum Gasteiger partial charge on any atom is 0.237 e. The molecule has 3 nitrogen and oxygen atoms in total. The fourth-order valence-corrected chi connectivity index (χ4v) is 6.40. The number of likely N-dealkylation sites (N-methyl/N-ethyl adjacent to an activating group) is 1. The average Bonchev–Trinajstić information content (AvgIpc) is 3.15. The lowest BCUT2D eigenvalue weighted by atomic mass is 9.56. The zero-order chi connectivity index (χ0) is 21.5. The molecular weight excluding hydrogens is 422 g/mol. The predicted molar refractivity (Wildman–Crippen MR) is 122 cm³/mol. The number of anilines is 1. The standard InChI is InChI=1S/C24H27Cl2FN2O/c1-3-29-15-19(20(27)9-7-8-16(2)25)24(23(29)12-5-4-6-13-23)18-11-10-17(26)14-21(18)28-22(24)30/h7-11,14,19H,2-6,12-13,15H2,1H3,(H,28,30)/b8-7-,20-9-/t19?,24-/m1/s1. The second-order valence-electron chi connectivity index (χ2n) is 8.49. The Morgan fingerprint density at radius 3 is 2.77 bits per heavy atom. The summed E-state index contributed by atoms with van der Waals surface area (Å²) in [4.78, 5) is 16.1. The molecule has 4 rings (SSSR count). The quantitative estimate of drug-likeness (QED) is 0.544. The van der Waals surface area contributed by atoms with Gasteiger partial charge in [0, 0.05) is 33.7 Å². The Labute approximate surface area is 187 Å². The van der Waals surface area contributed by atoms with Crippen LogP contribution in [-0.4, -0.2) is 29.4 Å². The average molecular weight is 449 g/mol. The van der Waals surface area contributed by atoms with E-state index < -0.39 is 16.9 Å². The first kappa shape index (κ1) is 21.6. The summed E-state index contributed by atoms with van der Waals surface area (Å²) in [5.74, 6) is -0.994. The molecule has 6 heteroatoms. The monoisotopic (exact) mass is 448 g/mol. The van der Waals surface area contributed by atoms with Crippen LogP contribution in [0.2, 0.25) is 5.02 Å². The molecule has 1 saturated heterocycles. The number of benzene rings is 1. The zero-order valence-electron chi connectivity index (χ0n) is 17.2. The van der Waals surface area contributed by atoms with Crippen LogP contribution in [0.3, 0.4) is 0 Å². The molecule has 2 fully saturated rings. The van der Waals surface area contributed by atoms with Gasteiger partial charge in [-0.1, -0.05) is 68.1 Å². The van der Waals surface area contributed by atoms with Gasteiger partial charge in [0.15, 0.2) is 0 Å². The summed E-state index contributed by atoms with van der Waals surface area (Å²) in [6.07, 6.45) is 9.54. The Kier molecular flexibility index (Phi) is 5.86. The molecule has 1 aliphatic carbocycles. The van der Waals surface area contributed by atoms with Crippen LogP contribution in [0.1, 0.15) is 44.6 Å². The van der Waals surface area contributed by atoms with E-state index in [1.54, 1.807) is 18.2 Å². The molecule has 0 radical (unpaired) electrons. The highest BCUT2D eigenvalue weighted by Gasteiger charge is 2.71. The van der Waals surface area contributed by atoms with E-state index in [0.717, 1.165) is 44.2 Å². The van der Waals surface area contributed by atoms with Crippen molar-refractivity contribution in [2.45, 2.75) is 50.0 Å². The number of hydrogen-bond acceptors (Lipinski definition) is 2. The zero-order valence-corrected chi connectivity index (χ0v) is 18.7. The minimum atomic E-state index is -0.976. The fourth-order valence-electron chi connectivity index (χ4n) is 6.15. The number of halogens is 3. The second-order valence-corrected chi connectivity index (χ2v) is 9.41. The maximum absolute atomic E-state index is 15.8.